The Morgan fingerprint density at radius 1 is 0.641 bits per heavy atom. The van der Waals surface area contributed by atoms with E-state index in [0.29, 0.717) is 10.8 Å². The second-order valence-corrected chi connectivity index (χ2v) is 13.2. The van der Waals surface area contributed by atoms with Gasteiger partial charge in [-0.3, -0.25) is 0 Å². The van der Waals surface area contributed by atoms with E-state index in [1.165, 1.54) is 62.8 Å². The third-order valence-electron chi connectivity index (χ3n) is 9.46. The highest BCUT2D eigenvalue weighted by molar-refractivity contribution is 5.37. The molecule has 0 aromatic carbocycles. The van der Waals surface area contributed by atoms with Gasteiger partial charge in [-0.2, -0.15) is 10.2 Å². The van der Waals surface area contributed by atoms with Gasteiger partial charge in [-0.25, -0.2) is 19.3 Å². The fourth-order valence-corrected chi connectivity index (χ4v) is 6.94. The number of hydrogen-bond donors (Lipinski definition) is 0. The normalized spacial score (nSPS) is 18.6. The SMILES string of the molecule is CC1(Cc2ccnn2-c2cccc(C(C)(C)c3cccc(-n4nccc4CC4(C)CCCC4)n3)n2)CCCC1. The third-order valence-corrected chi connectivity index (χ3v) is 9.46. The quantitative estimate of drug-likeness (QED) is 0.242. The fraction of sp³-hybridized carbons (Fsp3) is 0.515. The molecule has 4 aromatic rings. The van der Waals surface area contributed by atoms with Gasteiger partial charge in [0.1, 0.15) is 0 Å². The highest BCUT2D eigenvalue weighted by Crippen LogP contribution is 2.41. The topological polar surface area (TPSA) is 61.4 Å². The average molecular weight is 523 g/mol. The van der Waals surface area contributed by atoms with Gasteiger partial charge in [0.15, 0.2) is 11.6 Å². The molecule has 0 bridgehead atoms. The molecule has 0 atom stereocenters. The number of rotatable bonds is 8. The Balaban J connectivity index is 1.28. The molecule has 39 heavy (non-hydrogen) atoms. The van der Waals surface area contributed by atoms with Crippen molar-refractivity contribution >= 4 is 0 Å². The molecule has 204 valence electrons. The first kappa shape index (κ1) is 26.0. The number of nitrogens with zero attached hydrogens (tertiary/aromatic N) is 6. The van der Waals surface area contributed by atoms with Gasteiger partial charge in [-0.05, 0) is 99.6 Å². The van der Waals surface area contributed by atoms with Gasteiger partial charge in [-0.1, -0.05) is 51.7 Å². The molecule has 6 heteroatoms. The maximum atomic E-state index is 5.15. The van der Waals surface area contributed by atoms with Crippen LogP contribution in [0, 0.1) is 10.8 Å². The first-order valence-corrected chi connectivity index (χ1v) is 14.8. The number of hydrogen-bond acceptors (Lipinski definition) is 4. The molecule has 0 N–H and O–H groups in total. The minimum absolute atomic E-state index is 0.361. The van der Waals surface area contributed by atoms with E-state index in [-0.39, 0.29) is 5.41 Å². The predicted octanol–water partition coefficient (Wildman–Crippen LogP) is 7.42. The van der Waals surface area contributed by atoms with Crippen molar-refractivity contribution < 1.29 is 0 Å². The Kier molecular flexibility index (Phi) is 6.68. The van der Waals surface area contributed by atoms with Gasteiger partial charge in [0.2, 0.25) is 0 Å². The van der Waals surface area contributed by atoms with Gasteiger partial charge in [-0.15, -0.1) is 0 Å². The fourth-order valence-electron chi connectivity index (χ4n) is 6.94. The van der Waals surface area contributed by atoms with Crippen molar-refractivity contribution in [2.75, 3.05) is 0 Å². The molecule has 0 amide bonds. The maximum Gasteiger partial charge on any atom is 0.153 e. The first-order chi connectivity index (χ1) is 18.7. The summed E-state index contributed by atoms with van der Waals surface area (Å²) in [5, 5.41) is 9.38. The summed E-state index contributed by atoms with van der Waals surface area (Å²) >= 11 is 0. The summed E-state index contributed by atoms with van der Waals surface area (Å²) < 4.78 is 4.07. The Labute approximate surface area is 232 Å². The molecule has 2 fully saturated rings. The Morgan fingerprint density at radius 3 is 1.46 bits per heavy atom. The molecule has 0 radical (unpaired) electrons. The first-order valence-electron chi connectivity index (χ1n) is 14.8. The van der Waals surface area contributed by atoms with E-state index in [1.807, 2.05) is 21.8 Å². The second kappa shape index (κ2) is 10.0. The highest BCUT2D eigenvalue weighted by Gasteiger charge is 2.32. The summed E-state index contributed by atoms with van der Waals surface area (Å²) in [4.78, 5) is 10.3. The molecule has 0 spiro atoms. The van der Waals surface area contributed by atoms with Crippen molar-refractivity contribution in [2.24, 2.45) is 10.8 Å². The van der Waals surface area contributed by atoms with Crippen LogP contribution in [0.4, 0.5) is 0 Å². The van der Waals surface area contributed by atoms with Crippen LogP contribution >= 0.6 is 0 Å². The van der Waals surface area contributed by atoms with Gasteiger partial charge >= 0.3 is 0 Å². The van der Waals surface area contributed by atoms with E-state index >= 15 is 0 Å². The lowest BCUT2D eigenvalue weighted by Crippen LogP contribution is -2.24. The maximum absolute atomic E-state index is 5.15. The molecule has 4 heterocycles. The zero-order valence-electron chi connectivity index (χ0n) is 24.0. The second-order valence-electron chi connectivity index (χ2n) is 13.2. The highest BCUT2D eigenvalue weighted by atomic mass is 15.3. The van der Waals surface area contributed by atoms with Crippen molar-refractivity contribution in [3.63, 3.8) is 0 Å². The number of aromatic nitrogens is 6. The molecule has 6 rings (SSSR count). The summed E-state index contributed by atoms with van der Waals surface area (Å²) in [6, 6.07) is 16.9. The summed E-state index contributed by atoms with van der Waals surface area (Å²) in [5.74, 6) is 1.75. The molecular weight excluding hydrogens is 480 g/mol. The lowest BCUT2D eigenvalue weighted by Gasteiger charge is -2.26. The van der Waals surface area contributed by atoms with E-state index in [1.54, 1.807) is 0 Å². The van der Waals surface area contributed by atoms with E-state index in [0.717, 1.165) is 35.9 Å². The van der Waals surface area contributed by atoms with Gasteiger partial charge < -0.3 is 0 Å². The molecule has 6 nitrogen and oxygen atoms in total. The minimum Gasteiger partial charge on any atom is -0.233 e. The molecule has 2 aliphatic rings. The van der Waals surface area contributed by atoms with Crippen LogP contribution in [-0.2, 0) is 18.3 Å². The van der Waals surface area contributed by atoms with Crippen LogP contribution in [0.5, 0.6) is 0 Å². The largest absolute Gasteiger partial charge is 0.233 e. The monoisotopic (exact) mass is 522 g/mol. The molecule has 2 saturated carbocycles. The Morgan fingerprint density at radius 2 is 1.05 bits per heavy atom. The van der Waals surface area contributed by atoms with Crippen molar-refractivity contribution in [2.45, 2.75) is 97.3 Å². The van der Waals surface area contributed by atoms with Gasteiger partial charge in [0.05, 0.1) is 11.4 Å². The smallest absolute Gasteiger partial charge is 0.153 e. The van der Waals surface area contributed by atoms with Crippen LogP contribution in [0.15, 0.2) is 60.9 Å². The molecule has 0 aliphatic heterocycles. The van der Waals surface area contributed by atoms with Crippen LogP contribution in [-0.4, -0.2) is 29.5 Å². The lowest BCUT2D eigenvalue weighted by molar-refractivity contribution is 0.327. The van der Waals surface area contributed by atoms with E-state index in [4.69, 9.17) is 9.97 Å². The molecule has 0 saturated heterocycles. The van der Waals surface area contributed by atoms with Crippen LogP contribution < -0.4 is 0 Å². The summed E-state index contributed by atoms with van der Waals surface area (Å²) in [7, 11) is 0. The van der Waals surface area contributed by atoms with Crippen LogP contribution in [0.2, 0.25) is 0 Å². The Bertz CT molecular complexity index is 1320. The summed E-state index contributed by atoms with van der Waals surface area (Å²) in [6.07, 6.45) is 16.4. The zero-order valence-corrected chi connectivity index (χ0v) is 24.0. The minimum atomic E-state index is -0.387. The lowest BCUT2D eigenvalue weighted by atomic mass is 9.84. The average Bonchev–Trinajstić information content (AvgIpc) is 3.74. The van der Waals surface area contributed by atoms with Crippen LogP contribution in [0.3, 0.4) is 0 Å². The number of pyridine rings is 2. The molecule has 2 aliphatic carbocycles. The van der Waals surface area contributed by atoms with E-state index < -0.39 is 0 Å². The molecule has 4 aromatic heterocycles. The molecular formula is C33H42N6. The molecule has 0 unspecified atom stereocenters. The van der Waals surface area contributed by atoms with Crippen LogP contribution in [0.1, 0.15) is 102 Å². The van der Waals surface area contributed by atoms with Crippen molar-refractivity contribution in [1.29, 1.82) is 0 Å². The van der Waals surface area contributed by atoms with Crippen LogP contribution in [0.25, 0.3) is 11.6 Å². The van der Waals surface area contributed by atoms with Crippen molar-refractivity contribution in [3.05, 3.63) is 83.7 Å². The van der Waals surface area contributed by atoms with E-state index in [9.17, 15) is 0 Å². The van der Waals surface area contributed by atoms with Crippen molar-refractivity contribution in [3.8, 4) is 11.6 Å². The van der Waals surface area contributed by atoms with Gasteiger partial charge in [0, 0.05) is 29.2 Å². The third kappa shape index (κ3) is 5.18. The standard InChI is InChI=1S/C33H42N6/c1-31(2,27-11-9-13-29(36-27)38-25(15-21-34-38)23-32(3)17-5-6-18-32)28-12-10-14-30(37-28)39-26(16-22-35-39)24-33(4)19-7-8-20-33/h9-16,21-22H,5-8,17-20,23-24H2,1-4H3. The summed E-state index contributed by atoms with van der Waals surface area (Å²) in [6.45, 7) is 9.25. The van der Waals surface area contributed by atoms with Crippen molar-refractivity contribution in [1.82, 2.24) is 29.5 Å². The Hall–Kier alpha value is -3.28. The summed E-state index contributed by atoms with van der Waals surface area (Å²) in [5.41, 5.74) is 4.78. The predicted molar refractivity (Wildman–Crippen MR) is 155 cm³/mol. The van der Waals surface area contributed by atoms with Gasteiger partial charge in [0.25, 0.3) is 0 Å². The van der Waals surface area contributed by atoms with E-state index in [2.05, 4.69) is 86.4 Å². The zero-order chi connectivity index (χ0) is 27.1.